The zero-order chi connectivity index (χ0) is 40.0. The Hall–Kier alpha value is -4.67. The second-order valence-electron chi connectivity index (χ2n) is 16.4. The van der Waals surface area contributed by atoms with Crippen LogP contribution < -0.4 is 19.5 Å². The normalized spacial score (nSPS) is 29.5. The first-order valence-electron chi connectivity index (χ1n) is 19.0. The van der Waals surface area contributed by atoms with Crippen LogP contribution in [0.3, 0.4) is 0 Å². The summed E-state index contributed by atoms with van der Waals surface area (Å²) in [6.45, 7) is 8.92. The predicted molar refractivity (Wildman–Crippen MR) is 201 cm³/mol. The van der Waals surface area contributed by atoms with Gasteiger partial charge >= 0.3 is 6.09 Å². The lowest BCUT2D eigenvalue weighted by Crippen LogP contribution is -2.62. The second kappa shape index (κ2) is 15.1. The quantitative estimate of drug-likeness (QED) is 0.282. The molecule has 2 aliphatic heterocycles. The lowest BCUT2D eigenvalue weighted by Gasteiger charge is -2.44. The third kappa shape index (κ3) is 8.31. The SMILES string of the molecule is CC[C@@H]1C[C@H](C)CC/C=C\[C@@H]2C[C@@]2(C(=O)NS(=O)(=O)C2CC2)NC(=O)[C@@H]2C[C@@H](Oc3nc4cc(OC)ccc4nc3O)CN2C(=O)[C@H]1N(C(=O)O)C(C)(C)C. The average molecular weight is 785 g/mol. The first-order valence-corrected chi connectivity index (χ1v) is 20.5. The number of allylic oxidation sites excluding steroid dienone is 1. The Bertz CT molecular complexity index is 1980. The van der Waals surface area contributed by atoms with E-state index in [1.54, 1.807) is 39.0 Å². The average Bonchev–Trinajstić information content (AvgIpc) is 4.04. The minimum absolute atomic E-state index is 0.0832. The van der Waals surface area contributed by atoms with Gasteiger partial charge in [0.15, 0.2) is 0 Å². The molecule has 0 spiro atoms. The number of aromatic nitrogens is 2. The number of aromatic hydroxyl groups is 1. The van der Waals surface area contributed by atoms with E-state index in [9.17, 15) is 33.0 Å². The third-order valence-electron chi connectivity index (χ3n) is 11.2. The maximum Gasteiger partial charge on any atom is 0.408 e. The molecule has 4 aliphatic rings. The molecule has 1 aromatic carbocycles. The van der Waals surface area contributed by atoms with E-state index in [1.165, 1.54) is 16.9 Å². The minimum Gasteiger partial charge on any atom is -0.497 e. The van der Waals surface area contributed by atoms with Crippen molar-refractivity contribution >= 4 is 44.9 Å². The molecule has 0 radical (unpaired) electrons. The predicted octanol–water partition coefficient (Wildman–Crippen LogP) is 3.73. The molecule has 4 N–H and O–H groups in total. The van der Waals surface area contributed by atoms with Crippen molar-refractivity contribution in [1.29, 1.82) is 0 Å². The van der Waals surface area contributed by atoms with Crippen LogP contribution >= 0.6 is 0 Å². The van der Waals surface area contributed by atoms with Crippen molar-refractivity contribution in [2.45, 2.75) is 121 Å². The molecule has 1 saturated heterocycles. The van der Waals surface area contributed by atoms with E-state index in [-0.39, 0.29) is 31.2 Å². The summed E-state index contributed by atoms with van der Waals surface area (Å²) in [4.78, 5) is 67.5. The van der Waals surface area contributed by atoms with Gasteiger partial charge in [0.05, 0.1) is 29.9 Å². The van der Waals surface area contributed by atoms with Crippen molar-refractivity contribution in [3.05, 3.63) is 30.4 Å². The van der Waals surface area contributed by atoms with Gasteiger partial charge in [-0.1, -0.05) is 32.4 Å². The van der Waals surface area contributed by atoms with Crippen LogP contribution in [0.2, 0.25) is 0 Å². The number of amides is 4. The number of carboxylic acid groups (broad SMARTS) is 1. The topological polar surface area (TPSA) is 218 Å². The molecule has 2 aliphatic carbocycles. The number of carbonyl (C=O) groups excluding carboxylic acids is 3. The number of methoxy groups -OCH3 is 1. The fraction of sp³-hybridized carbons (Fsp3) is 0.632. The number of nitrogens with one attached hydrogen (secondary N) is 2. The number of carbonyl (C=O) groups is 4. The van der Waals surface area contributed by atoms with Crippen molar-refractivity contribution < 1.29 is 47.3 Å². The van der Waals surface area contributed by atoms with Gasteiger partial charge < -0.3 is 29.9 Å². The zero-order valence-electron chi connectivity index (χ0n) is 32.1. The summed E-state index contributed by atoms with van der Waals surface area (Å²) in [5.41, 5.74) is -1.86. The van der Waals surface area contributed by atoms with Gasteiger partial charge in [-0.25, -0.2) is 23.2 Å². The van der Waals surface area contributed by atoms with Crippen molar-refractivity contribution in [2.24, 2.45) is 17.8 Å². The molecular formula is C38H52N6O10S. The molecule has 55 heavy (non-hydrogen) atoms. The molecule has 7 atom stereocenters. The Morgan fingerprint density at radius 2 is 1.85 bits per heavy atom. The van der Waals surface area contributed by atoms with E-state index in [4.69, 9.17) is 9.47 Å². The van der Waals surface area contributed by atoms with E-state index >= 15 is 4.79 Å². The maximum absolute atomic E-state index is 15.1. The monoisotopic (exact) mass is 784 g/mol. The number of sulfonamides is 1. The Kier molecular flexibility index (Phi) is 11.0. The highest BCUT2D eigenvalue weighted by Crippen LogP contribution is 2.46. The molecule has 3 heterocycles. The van der Waals surface area contributed by atoms with Gasteiger partial charge in [0.2, 0.25) is 21.8 Å². The molecule has 300 valence electrons. The third-order valence-corrected chi connectivity index (χ3v) is 13.1. The van der Waals surface area contributed by atoms with Crippen LogP contribution in [-0.4, -0.2) is 110 Å². The van der Waals surface area contributed by atoms with E-state index in [0.717, 1.165) is 6.42 Å². The van der Waals surface area contributed by atoms with Crippen molar-refractivity contribution in [2.75, 3.05) is 13.7 Å². The van der Waals surface area contributed by atoms with Crippen LogP contribution in [-0.2, 0) is 24.4 Å². The molecule has 17 heteroatoms. The molecule has 1 aromatic heterocycles. The molecule has 0 unspecified atom stereocenters. The highest BCUT2D eigenvalue weighted by atomic mass is 32.2. The summed E-state index contributed by atoms with van der Waals surface area (Å²) in [6, 6.07) is 2.45. The summed E-state index contributed by atoms with van der Waals surface area (Å²) >= 11 is 0. The number of nitrogens with zero attached hydrogens (tertiary/aromatic N) is 4. The first-order chi connectivity index (χ1) is 25.9. The molecule has 6 rings (SSSR count). The van der Waals surface area contributed by atoms with Gasteiger partial charge in [0.25, 0.3) is 17.7 Å². The number of hydrogen-bond donors (Lipinski definition) is 4. The smallest absolute Gasteiger partial charge is 0.408 e. The van der Waals surface area contributed by atoms with Gasteiger partial charge in [-0.3, -0.25) is 24.0 Å². The van der Waals surface area contributed by atoms with E-state index in [1.807, 2.05) is 19.1 Å². The lowest BCUT2D eigenvalue weighted by atomic mass is 9.82. The van der Waals surface area contributed by atoms with Crippen LogP contribution in [0, 0.1) is 17.8 Å². The highest BCUT2D eigenvalue weighted by molar-refractivity contribution is 7.91. The van der Waals surface area contributed by atoms with Crippen molar-refractivity contribution in [3.63, 3.8) is 0 Å². The van der Waals surface area contributed by atoms with E-state index in [0.29, 0.717) is 48.9 Å². The van der Waals surface area contributed by atoms with Gasteiger partial charge in [0, 0.05) is 23.9 Å². The van der Waals surface area contributed by atoms with Crippen molar-refractivity contribution in [3.8, 4) is 17.5 Å². The minimum atomic E-state index is -3.94. The summed E-state index contributed by atoms with van der Waals surface area (Å²) in [6.07, 6.45) is 4.83. The Morgan fingerprint density at radius 3 is 2.49 bits per heavy atom. The van der Waals surface area contributed by atoms with Crippen LogP contribution in [0.15, 0.2) is 30.4 Å². The summed E-state index contributed by atoms with van der Waals surface area (Å²) in [5, 5.41) is 23.6. The fourth-order valence-corrected chi connectivity index (χ4v) is 9.39. The van der Waals surface area contributed by atoms with Gasteiger partial charge in [-0.15, -0.1) is 0 Å². The van der Waals surface area contributed by atoms with Crippen LogP contribution in [0.4, 0.5) is 4.79 Å². The maximum atomic E-state index is 15.1. The van der Waals surface area contributed by atoms with Crippen LogP contribution in [0.25, 0.3) is 11.0 Å². The second-order valence-corrected chi connectivity index (χ2v) is 18.4. The van der Waals surface area contributed by atoms with Gasteiger partial charge in [0.1, 0.15) is 29.5 Å². The van der Waals surface area contributed by atoms with Gasteiger partial charge in [-0.2, -0.15) is 0 Å². The number of rotatable bonds is 8. The lowest BCUT2D eigenvalue weighted by molar-refractivity contribution is -0.146. The largest absolute Gasteiger partial charge is 0.497 e. The van der Waals surface area contributed by atoms with E-state index < -0.39 is 86.1 Å². The van der Waals surface area contributed by atoms with Crippen molar-refractivity contribution in [1.82, 2.24) is 29.8 Å². The van der Waals surface area contributed by atoms with Crippen LogP contribution in [0.1, 0.15) is 86.0 Å². The Labute approximate surface area is 321 Å². The summed E-state index contributed by atoms with van der Waals surface area (Å²) < 4.78 is 39.4. The highest BCUT2D eigenvalue weighted by Gasteiger charge is 2.62. The summed E-state index contributed by atoms with van der Waals surface area (Å²) in [5.74, 6) is -3.25. The number of fused-ring (bicyclic) bond motifs is 3. The summed E-state index contributed by atoms with van der Waals surface area (Å²) in [7, 11) is -2.45. The molecule has 2 saturated carbocycles. The molecule has 2 aromatic rings. The molecule has 0 bridgehead atoms. The first kappa shape index (κ1) is 40.0. The zero-order valence-corrected chi connectivity index (χ0v) is 33.0. The fourth-order valence-electron chi connectivity index (χ4n) is 8.03. The number of hydrogen-bond acceptors (Lipinski definition) is 11. The molecular weight excluding hydrogens is 733 g/mol. The number of ether oxygens (including phenoxy) is 2. The number of benzene rings is 1. The van der Waals surface area contributed by atoms with E-state index in [2.05, 4.69) is 26.9 Å². The standard InChI is InChI=1S/C38H52N6O10S/c1-7-22-16-21(2)10-8-9-11-23-19-38(23,35(48)42-55(51,52)26-13-14-26)41-31(45)29-18-25(20-43(29)34(47)30(22)44(36(49)50)37(3,4)5)54-33-32(46)39-27-15-12-24(53-6)17-28(27)40-33/h9,11-12,15,17,21-23,25-26,29-30H,7-8,10,13-14,16,18-20H2,1-6H3,(H,39,46)(H,41,45)(H,42,48)(H,49,50)/b11-9-/t21-,22-,23-,25-,29+,30+,38-/m1/s1. The Balaban J connectivity index is 1.40. The Morgan fingerprint density at radius 1 is 1.13 bits per heavy atom. The molecule has 4 amide bonds. The molecule has 3 fully saturated rings. The van der Waals surface area contributed by atoms with Gasteiger partial charge in [-0.05, 0) is 83.3 Å². The molecule has 16 nitrogen and oxygen atoms in total. The van der Waals surface area contributed by atoms with Crippen LogP contribution in [0.5, 0.6) is 17.5 Å².